The minimum absolute atomic E-state index is 0.248. The molecule has 0 aliphatic carbocycles. The van der Waals surface area contributed by atoms with Gasteiger partial charge in [0.15, 0.2) is 12.1 Å². The number of nitrogens with zero attached hydrogens (tertiary/aromatic N) is 3. The van der Waals surface area contributed by atoms with E-state index in [0.29, 0.717) is 13.0 Å². The highest BCUT2D eigenvalue weighted by atomic mass is 16.8. The molecule has 0 aromatic carbocycles. The van der Waals surface area contributed by atoms with E-state index >= 15 is 0 Å². The molecule has 2 aliphatic rings. The van der Waals surface area contributed by atoms with Crippen molar-refractivity contribution in [3.63, 3.8) is 0 Å². The predicted octanol–water partition coefficient (Wildman–Crippen LogP) is 0.302. The van der Waals surface area contributed by atoms with Gasteiger partial charge in [-0.15, -0.1) is 0 Å². The van der Waals surface area contributed by atoms with E-state index < -0.39 is 36.5 Å². The first kappa shape index (κ1) is 16.4. The monoisotopic (exact) mass is 303 g/mol. The van der Waals surface area contributed by atoms with Crippen LogP contribution in [0.25, 0.3) is 10.4 Å². The van der Waals surface area contributed by atoms with Crippen molar-refractivity contribution in [3.05, 3.63) is 10.4 Å². The number of aliphatic hydroxyl groups excluding tert-OH is 2. The SMILES string of the molecule is CC1(C)OC[C@H]2O[C@@H](OCCCN=[N+]=[N-])[C@H](O)[C@@H](O)[C@@H]2O1. The lowest BCUT2D eigenvalue weighted by molar-refractivity contribution is -0.382. The maximum absolute atomic E-state index is 10.2. The van der Waals surface area contributed by atoms with Crippen molar-refractivity contribution in [2.75, 3.05) is 19.8 Å². The highest BCUT2D eigenvalue weighted by Gasteiger charge is 2.50. The van der Waals surface area contributed by atoms with Crippen molar-refractivity contribution in [2.24, 2.45) is 5.11 Å². The van der Waals surface area contributed by atoms with Gasteiger partial charge in [-0.2, -0.15) is 0 Å². The fourth-order valence-electron chi connectivity index (χ4n) is 2.35. The van der Waals surface area contributed by atoms with E-state index in [2.05, 4.69) is 10.0 Å². The lowest BCUT2D eigenvalue weighted by Gasteiger charge is -2.48. The Balaban J connectivity index is 1.88. The van der Waals surface area contributed by atoms with E-state index in [0.717, 1.165) is 0 Å². The highest BCUT2D eigenvalue weighted by molar-refractivity contribution is 4.93. The molecule has 0 amide bonds. The van der Waals surface area contributed by atoms with Gasteiger partial charge < -0.3 is 29.2 Å². The van der Waals surface area contributed by atoms with Gasteiger partial charge in [0.1, 0.15) is 24.4 Å². The van der Waals surface area contributed by atoms with E-state index in [1.54, 1.807) is 13.8 Å². The molecule has 2 heterocycles. The third-order valence-electron chi connectivity index (χ3n) is 3.40. The molecule has 120 valence electrons. The van der Waals surface area contributed by atoms with E-state index in [1.807, 2.05) is 0 Å². The summed E-state index contributed by atoms with van der Waals surface area (Å²) in [4.78, 5) is 2.63. The molecule has 0 spiro atoms. The van der Waals surface area contributed by atoms with Crippen molar-refractivity contribution in [3.8, 4) is 0 Å². The lowest BCUT2D eigenvalue weighted by Crippen LogP contribution is -2.64. The number of hydrogen-bond donors (Lipinski definition) is 2. The van der Waals surface area contributed by atoms with Crippen molar-refractivity contribution in [2.45, 2.75) is 56.8 Å². The number of aliphatic hydroxyl groups is 2. The Morgan fingerprint density at radius 1 is 1.38 bits per heavy atom. The Morgan fingerprint density at radius 2 is 2.14 bits per heavy atom. The summed E-state index contributed by atoms with van der Waals surface area (Å²) in [5.74, 6) is -0.825. The van der Waals surface area contributed by atoms with Crippen LogP contribution in [0.5, 0.6) is 0 Å². The van der Waals surface area contributed by atoms with Gasteiger partial charge in [0.2, 0.25) is 0 Å². The number of rotatable bonds is 5. The molecule has 2 fully saturated rings. The van der Waals surface area contributed by atoms with E-state index in [9.17, 15) is 10.2 Å². The summed E-state index contributed by atoms with van der Waals surface area (Å²) in [5, 5.41) is 23.6. The molecule has 21 heavy (non-hydrogen) atoms. The number of fused-ring (bicyclic) bond motifs is 1. The summed E-state index contributed by atoms with van der Waals surface area (Å²) in [6, 6.07) is 0. The van der Waals surface area contributed by atoms with Gasteiger partial charge in [-0.3, -0.25) is 0 Å². The normalized spacial score (nSPS) is 38.4. The quantitative estimate of drug-likeness (QED) is 0.325. The Morgan fingerprint density at radius 3 is 2.86 bits per heavy atom. The molecule has 5 atom stereocenters. The van der Waals surface area contributed by atoms with Gasteiger partial charge >= 0.3 is 0 Å². The first-order chi connectivity index (χ1) is 9.94. The second-order valence-electron chi connectivity index (χ2n) is 5.50. The van der Waals surface area contributed by atoms with Crippen LogP contribution in [0.15, 0.2) is 5.11 Å². The van der Waals surface area contributed by atoms with Gasteiger partial charge in [0.25, 0.3) is 0 Å². The first-order valence-corrected chi connectivity index (χ1v) is 6.90. The van der Waals surface area contributed by atoms with E-state index in [1.165, 1.54) is 0 Å². The van der Waals surface area contributed by atoms with E-state index in [-0.39, 0.29) is 13.2 Å². The average molecular weight is 303 g/mol. The van der Waals surface area contributed by atoms with Crippen LogP contribution >= 0.6 is 0 Å². The summed E-state index contributed by atoms with van der Waals surface area (Å²) in [6.45, 7) is 4.27. The molecule has 2 saturated heterocycles. The Kier molecular flexibility index (Phi) is 5.39. The second-order valence-corrected chi connectivity index (χ2v) is 5.50. The Hall–Kier alpha value is -0.930. The summed E-state index contributed by atoms with van der Waals surface area (Å²) in [6.07, 6.45) is -3.94. The summed E-state index contributed by atoms with van der Waals surface area (Å²) >= 11 is 0. The minimum atomic E-state index is -1.21. The molecular weight excluding hydrogens is 282 g/mol. The van der Waals surface area contributed by atoms with Crippen molar-refractivity contribution in [1.82, 2.24) is 0 Å². The van der Waals surface area contributed by atoms with Gasteiger partial charge in [-0.1, -0.05) is 5.11 Å². The second kappa shape index (κ2) is 6.89. The van der Waals surface area contributed by atoms with Crippen molar-refractivity contribution < 1.29 is 29.2 Å². The molecule has 2 N–H and O–H groups in total. The van der Waals surface area contributed by atoms with Gasteiger partial charge in [0, 0.05) is 18.1 Å². The third kappa shape index (κ3) is 4.04. The molecule has 0 aromatic heterocycles. The number of hydrogen-bond acceptors (Lipinski definition) is 7. The highest BCUT2D eigenvalue weighted by Crippen LogP contribution is 2.32. The third-order valence-corrected chi connectivity index (χ3v) is 3.40. The molecular formula is C12H21N3O6. The smallest absolute Gasteiger partial charge is 0.186 e. The molecule has 2 rings (SSSR count). The zero-order valence-electron chi connectivity index (χ0n) is 12.1. The fraction of sp³-hybridized carbons (Fsp3) is 1.00. The van der Waals surface area contributed by atoms with Crippen LogP contribution in [0.4, 0.5) is 0 Å². The van der Waals surface area contributed by atoms with E-state index in [4.69, 9.17) is 24.5 Å². The number of ether oxygens (including phenoxy) is 4. The molecule has 0 unspecified atom stereocenters. The van der Waals surface area contributed by atoms with Gasteiger partial charge in [-0.25, -0.2) is 0 Å². The predicted molar refractivity (Wildman–Crippen MR) is 70.2 cm³/mol. The standard InChI is InChI=1S/C12H21N3O6/c1-12(2)19-6-7-10(21-12)8(16)9(17)11(20-7)18-5-3-4-14-15-13/h7-11,16-17H,3-6H2,1-2H3/t7-,8-,9-,10-,11-/m1/s1. The lowest BCUT2D eigenvalue weighted by atomic mass is 9.97. The first-order valence-electron chi connectivity index (χ1n) is 6.90. The van der Waals surface area contributed by atoms with Crippen molar-refractivity contribution >= 4 is 0 Å². The molecule has 9 heteroatoms. The van der Waals surface area contributed by atoms with Crippen molar-refractivity contribution in [1.29, 1.82) is 0 Å². The Bertz CT molecular complexity index is 398. The summed E-state index contributed by atoms with van der Waals surface area (Å²) in [7, 11) is 0. The molecule has 2 aliphatic heterocycles. The number of azide groups is 1. The molecule has 0 aromatic rings. The largest absolute Gasteiger partial charge is 0.387 e. The molecule has 9 nitrogen and oxygen atoms in total. The van der Waals surface area contributed by atoms with Crippen LogP contribution in [-0.4, -0.2) is 66.5 Å². The maximum atomic E-state index is 10.2. The average Bonchev–Trinajstić information content (AvgIpc) is 2.44. The van der Waals surface area contributed by atoms with Crippen LogP contribution in [0.1, 0.15) is 20.3 Å². The molecule has 0 saturated carbocycles. The molecule has 0 bridgehead atoms. The van der Waals surface area contributed by atoms with Crippen LogP contribution in [0, 0.1) is 0 Å². The fourth-order valence-corrected chi connectivity index (χ4v) is 2.35. The zero-order chi connectivity index (χ0) is 15.5. The van der Waals surface area contributed by atoms with Crippen LogP contribution < -0.4 is 0 Å². The minimum Gasteiger partial charge on any atom is -0.387 e. The van der Waals surface area contributed by atoms with Crippen LogP contribution in [0.2, 0.25) is 0 Å². The summed E-state index contributed by atoms with van der Waals surface area (Å²) < 4.78 is 22.0. The van der Waals surface area contributed by atoms with Gasteiger partial charge in [-0.05, 0) is 25.8 Å². The topological polar surface area (TPSA) is 126 Å². The van der Waals surface area contributed by atoms with Crippen LogP contribution in [0.3, 0.4) is 0 Å². The maximum Gasteiger partial charge on any atom is 0.186 e. The van der Waals surface area contributed by atoms with Gasteiger partial charge in [0.05, 0.1) is 6.61 Å². The zero-order valence-corrected chi connectivity index (χ0v) is 12.1. The van der Waals surface area contributed by atoms with Crippen LogP contribution in [-0.2, 0) is 18.9 Å². The summed E-state index contributed by atoms with van der Waals surface area (Å²) in [5.41, 5.74) is 8.15. The Labute approximate surface area is 122 Å². The molecule has 0 radical (unpaired) electrons.